The molecule has 1 aliphatic rings. The number of hydrogen-bond acceptors (Lipinski definition) is 5. The molecule has 5 nitrogen and oxygen atoms in total. The smallest absolute Gasteiger partial charge is 0.176 e. The molecule has 0 aliphatic carbocycles. The minimum Gasteiger partial charge on any atom is -0.314 e. The molecule has 1 saturated heterocycles. The predicted molar refractivity (Wildman–Crippen MR) is 93.5 cm³/mol. The number of hydrogen-bond donors (Lipinski definition) is 3. The van der Waals surface area contributed by atoms with E-state index in [-0.39, 0.29) is 5.78 Å². The number of ketones is 1. The number of rotatable bonds is 3. The first-order valence-corrected chi connectivity index (χ1v) is 8.68. The van der Waals surface area contributed by atoms with E-state index in [1.54, 1.807) is 0 Å². The highest BCUT2D eigenvalue weighted by molar-refractivity contribution is 9.10. The van der Waals surface area contributed by atoms with Crippen LogP contribution in [0.2, 0.25) is 0 Å². The summed E-state index contributed by atoms with van der Waals surface area (Å²) in [7, 11) is 0. The Bertz CT molecular complexity index is 440. The van der Waals surface area contributed by atoms with Crippen molar-refractivity contribution in [2.45, 2.75) is 0 Å². The third-order valence-electron chi connectivity index (χ3n) is 3.70. The van der Waals surface area contributed by atoms with Crippen LogP contribution in [0.15, 0.2) is 28.7 Å². The molecule has 1 aromatic carbocycles. The highest BCUT2D eigenvalue weighted by atomic mass is 79.9. The molecule has 1 fully saturated rings. The number of nitrogens with one attached hydrogen (secondary N) is 3. The second-order valence-electron chi connectivity index (χ2n) is 5.46. The highest BCUT2D eigenvalue weighted by Crippen LogP contribution is 2.11. The normalized spacial score (nSPS) is 19.1. The first-order valence-electron chi connectivity index (χ1n) is 7.89. The number of nitrogens with zero attached hydrogens (tertiary/aromatic N) is 1. The zero-order chi connectivity index (χ0) is 15.6. The Morgan fingerprint density at radius 1 is 0.909 bits per heavy atom. The maximum absolute atomic E-state index is 12.4. The van der Waals surface area contributed by atoms with E-state index >= 15 is 0 Å². The molecule has 0 unspecified atom stereocenters. The summed E-state index contributed by atoms with van der Waals surface area (Å²) in [6, 6.07) is 7.59. The number of benzene rings is 1. The third-order valence-corrected chi connectivity index (χ3v) is 4.23. The van der Waals surface area contributed by atoms with Crippen molar-refractivity contribution in [2.24, 2.45) is 0 Å². The van der Waals surface area contributed by atoms with Gasteiger partial charge in [-0.1, -0.05) is 28.1 Å². The quantitative estimate of drug-likeness (QED) is 0.686. The minimum atomic E-state index is 0.182. The van der Waals surface area contributed by atoms with Crippen LogP contribution in [0.5, 0.6) is 0 Å². The van der Waals surface area contributed by atoms with Crippen LogP contribution in [0.25, 0.3) is 0 Å². The highest BCUT2D eigenvalue weighted by Gasteiger charge is 2.12. The van der Waals surface area contributed by atoms with Crippen LogP contribution in [-0.2, 0) is 0 Å². The number of carbonyl (C=O) groups excluding carboxylic acids is 1. The van der Waals surface area contributed by atoms with Crippen molar-refractivity contribution in [2.75, 3.05) is 58.9 Å². The molecule has 1 aromatic rings. The molecule has 0 aromatic heterocycles. The number of Topliss-reactive ketones (excluding diaryl/α,β-unsaturated/α-hetero) is 1. The Balaban J connectivity index is 1.86. The third kappa shape index (κ3) is 6.54. The Morgan fingerprint density at radius 2 is 1.41 bits per heavy atom. The predicted octanol–water partition coefficient (Wildman–Crippen LogP) is 0.716. The van der Waals surface area contributed by atoms with Crippen LogP contribution in [-0.4, -0.2) is 69.6 Å². The van der Waals surface area contributed by atoms with Crippen molar-refractivity contribution in [1.82, 2.24) is 20.9 Å². The maximum Gasteiger partial charge on any atom is 0.176 e. The van der Waals surface area contributed by atoms with Gasteiger partial charge in [-0.3, -0.25) is 9.69 Å². The van der Waals surface area contributed by atoms with Crippen molar-refractivity contribution < 1.29 is 4.79 Å². The van der Waals surface area contributed by atoms with E-state index in [0.717, 1.165) is 62.4 Å². The summed E-state index contributed by atoms with van der Waals surface area (Å²) >= 11 is 3.40. The first kappa shape index (κ1) is 17.6. The summed E-state index contributed by atoms with van der Waals surface area (Å²) in [5.74, 6) is 0.182. The second-order valence-corrected chi connectivity index (χ2v) is 6.37. The maximum atomic E-state index is 12.4. The summed E-state index contributed by atoms with van der Waals surface area (Å²) in [6.07, 6.45) is 0. The molecule has 0 saturated carbocycles. The van der Waals surface area contributed by atoms with Crippen LogP contribution >= 0.6 is 15.9 Å². The van der Waals surface area contributed by atoms with Crippen LogP contribution in [0.1, 0.15) is 10.4 Å². The summed E-state index contributed by atoms with van der Waals surface area (Å²) in [6.45, 7) is 7.99. The van der Waals surface area contributed by atoms with E-state index < -0.39 is 0 Å². The fourth-order valence-electron chi connectivity index (χ4n) is 2.40. The molecule has 0 radical (unpaired) electrons. The van der Waals surface area contributed by atoms with Gasteiger partial charge in [-0.2, -0.15) is 0 Å². The van der Waals surface area contributed by atoms with Crippen molar-refractivity contribution >= 4 is 21.7 Å². The largest absolute Gasteiger partial charge is 0.314 e. The molecule has 1 heterocycles. The Labute approximate surface area is 141 Å². The molecule has 6 heteroatoms. The molecular weight excluding hydrogens is 344 g/mol. The van der Waals surface area contributed by atoms with E-state index in [1.165, 1.54) is 0 Å². The molecule has 0 bridgehead atoms. The molecule has 0 amide bonds. The van der Waals surface area contributed by atoms with Gasteiger partial charge < -0.3 is 16.0 Å². The molecule has 1 aliphatic heterocycles. The van der Waals surface area contributed by atoms with E-state index in [2.05, 4.69) is 36.8 Å². The van der Waals surface area contributed by atoms with Crippen molar-refractivity contribution in [1.29, 1.82) is 0 Å². The lowest BCUT2D eigenvalue weighted by Crippen LogP contribution is -2.43. The van der Waals surface area contributed by atoms with Gasteiger partial charge in [0, 0.05) is 62.4 Å². The van der Waals surface area contributed by atoms with Crippen LogP contribution in [0, 0.1) is 0 Å². The van der Waals surface area contributed by atoms with Crippen LogP contribution in [0.3, 0.4) is 0 Å². The molecule has 122 valence electrons. The zero-order valence-electron chi connectivity index (χ0n) is 12.9. The van der Waals surface area contributed by atoms with Gasteiger partial charge in [0.2, 0.25) is 0 Å². The summed E-state index contributed by atoms with van der Waals surface area (Å²) in [5, 5.41) is 10.2. The van der Waals surface area contributed by atoms with Gasteiger partial charge in [-0.15, -0.1) is 0 Å². The number of carbonyl (C=O) groups is 1. The van der Waals surface area contributed by atoms with Gasteiger partial charge in [0.25, 0.3) is 0 Å². The van der Waals surface area contributed by atoms with Crippen LogP contribution in [0.4, 0.5) is 0 Å². The summed E-state index contributed by atoms with van der Waals surface area (Å²) < 4.78 is 0.998. The number of halogens is 1. The summed E-state index contributed by atoms with van der Waals surface area (Å²) in [5.41, 5.74) is 0.777. The van der Waals surface area contributed by atoms with E-state index in [1.807, 2.05) is 24.3 Å². The Kier molecular flexibility index (Phi) is 8.04. The lowest BCUT2D eigenvalue weighted by atomic mass is 10.1. The first-order chi connectivity index (χ1) is 10.8. The minimum absolute atomic E-state index is 0.182. The molecule has 3 N–H and O–H groups in total. The van der Waals surface area contributed by atoms with E-state index in [0.29, 0.717) is 6.54 Å². The topological polar surface area (TPSA) is 56.4 Å². The summed E-state index contributed by atoms with van der Waals surface area (Å²) in [4.78, 5) is 14.6. The Hall–Kier alpha value is -0.790. The van der Waals surface area contributed by atoms with Gasteiger partial charge in [0.15, 0.2) is 5.78 Å². The van der Waals surface area contributed by atoms with Gasteiger partial charge in [-0.05, 0) is 12.1 Å². The molecule has 2 rings (SSSR count). The molecule has 0 atom stereocenters. The van der Waals surface area contributed by atoms with Crippen molar-refractivity contribution in [3.8, 4) is 0 Å². The fourth-order valence-corrected chi connectivity index (χ4v) is 2.67. The SMILES string of the molecule is O=C(CN1CCNCCNCCNCC1)c1ccc(Br)cc1. The van der Waals surface area contributed by atoms with Gasteiger partial charge in [0.05, 0.1) is 6.54 Å². The van der Waals surface area contributed by atoms with Crippen molar-refractivity contribution in [3.63, 3.8) is 0 Å². The lowest BCUT2D eigenvalue weighted by Gasteiger charge is -2.23. The Morgan fingerprint density at radius 3 is 1.95 bits per heavy atom. The molecule has 22 heavy (non-hydrogen) atoms. The zero-order valence-corrected chi connectivity index (χ0v) is 14.5. The average Bonchev–Trinajstić information content (AvgIpc) is 2.50. The molecular formula is C16H25BrN4O. The van der Waals surface area contributed by atoms with Crippen molar-refractivity contribution in [3.05, 3.63) is 34.3 Å². The fraction of sp³-hybridized carbons (Fsp3) is 0.562. The van der Waals surface area contributed by atoms with Crippen LogP contribution < -0.4 is 16.0 Å². The van der Waals surface area contributed by atoms with E-state index in [4.69, 9.17) is 0 Å². The van der Waals surface area contributed by atoms with Gasteiger partial charge in [-0.25, -0.2) is 0 Å². The monoisotopic (exact) mass is 368 g/mol. The standard InChI is InChI=1S/C16H25BrN4O/c17-15-3-1-14(2-4-15)16(22)13-21-11-9-19-7-5-18-6-8-20-10-12-21/h1-4,18-20H,5-13H2. The average molecular weight is 369 g/mol. The van der Waals surface area contributed by atoms with Gasteiger partial charge >= 0.3 is 0 Å². The lowest BCUT2D eigenvalue weighted by molar-refractivity contribution is 0.0931. The molecule has 0 spiro atoms. The van der Waals surface area contributed by atoms with E-state index in [9.17, 15) is 4.79 Å². The van der Waals surface area contributed by atoms with Gasteiger partial charge in [0.1, 0.15) is 0 Å². The second kappa shape index (κ2) is 10.1.